The van der Waals surface area contributed by atoms with Gasteiger partial charge in [0.2, 0.25) is 5.91 Å². The van der Waals surface area contributed by atoms with Crippen LogP contribution in [0, 0.1) is 5.92 Å². The number of fused-ring (bicyclic) bond motifs is 1. The van der Waals surface area contributed by atoms with Crippen molar-refractivity contribution in [2.45, 2.75) is 18.3 Å². The molecular weight excluding hydrogens is 356 g/mol. The van der Waals surface area contributed by atoms with E-state index in [-0.39, 0.29) is 17.2 Å². The molecule has 0 saturated heterocycles. The number of hydrogen-bond donors (Lipinski definition) is 2. The van der Waals surface area contributed by atoms with Crippen molar-refractivity contribution >= 4 is 16.8 Å². The molecule has 0 aliphatic heterocycles. The molecule has 1 atom stereocenters. The minimum atomic E-state index is -0.201. The molecule has 1 aliphatic rings. The second kappa shape index (κ2) is 7.25. The Labute approximate surface area is 170 Å². The molecule has 5 rings (SSSR count). The van der Waals surface area contributed by atoms with Crippen LogP contribution in [0.25, 0.3) is 10.9 Å². The molecule has 3 heteroatoms. The Kier molecular flexibility index (Phi) is 4.44. The summed E-state index contributed by atoms with van der Waals surface area (Å²) in [5, 5.41) is 4.42. The van der Waals surface area contributed by atoms with Crippen molar-refractivity contribution < 1.29 is 4.79 Å². The van der Waals surface area contributed by atoms with E-state index >= 15 is 0 Å². The second-order valence-corrected chi connectivity index (χ2v) is 7.86. The molecule has 29 heavy (non-hydrogen) atoms. The molecule has 1 amide bonds. The summed E-state index contributed by atoms with van der Waals surface area (Å²) < 4.78 is 0. The van der Waals surface area contributed by atoms with Crippen LogP contribution in [0.3, 0.4) is 0 Å². The summed E-state index contributed by atoms with van der Waals surface area (Å²) in [4.78, 5) is 16.3. The van der Waals surface area contributed by atoms with Gasteiger partial charge in [0.05, 0.1) is 5.92 Å². The summed E-state index contributed by atoms with van der Waals surface area (Å²) in [5.74, 6) is 0.132. The van der Waals surface area contributed by atoms with Crippen LogP contribution < -0.4 is 5.32 Å². The first kappa shape index (κ1) is 17.7. The number of benzene rings is 3. The first-order valence-electron chi connectivity index (χ1n) is 10.2. The lowest BCUT2D eigenvalue weighted by molar-refractivity contribution is -0.122. The molecule has 4 aromatic rings. The van der Waals surface area contributed by atoms with Crippen LogP contribution in [0.1, 0.15) is 23.1 Å². The number of amides is 1. The van der Waals surface area contributed by atoms with Crippen molar-refractivity contribution in [1.29, 1.82) is 0 Å². The molecule has 1 saturated carbocycles. The van der Waals surface area contributed by atoms with Gasteiger partial charge in [-0.1, -0.05) is 78.9 Å². The number of aromatic amines is 1. The highest BCUT2D eigenvalue weighted by Gasteiger charge is 2.60. The topological polar surface area (TPSA) is 44.9 Å². The highest BCUT2D eigenvalue weighted by atomic mass is 16.2. The van der Waals surface area contributed by atoms with Gasteiger partial charge in [-0.3, -0.25) is 4.79 Å². The van der Waals surface area contributed by atoms with Crippen LogP contribution in [0.15, 0.2) is 91.1 Å². The predicted octanol–water partition coefficient (Wildman–Crippen LogP) is 4.83. The second-order valence-electron chi connectivity index (χ2n) is 7.86. The van der Waals surface area contributed by atoms with Gasteiger partial charge in [0.15, 0.2) is 0 Å². The zero-order valence-corrected chi connectivity index (χ0v) is 16.3. The maximum absolute atomic E-state index is 13.0. The van der Waals surface area contributed by atoms with Gasteiger partial charge in [-0.25, -0.2) is 0 Å². The Morgan fingerprint density at radius 1 is 0.897 bits per heavy atom. The van der Waals surface area contributed by atoms with Gasteiger partial charge >= 0.3 is 0 Å². The number of para-hydroxylation sites is 1. The van der Waals surface area contributed by atoms with E-state index in [2.05, 4.69) is 77.0 Å². The van der Waals surface area contributed by atoms with E-state index in [9.17, 15) is 4.79 Å². The van der Waals surface area contributed by atoms with Gasteiger partial charge in [-0.2, -0.15) is 0 Å². The smallest absolute Gasteiger partial charge is 0.224 e. The number of nitrogens with one attached hydrogen (secondary N) is 2. The Hall–Kier alpha value is -3.33. The quantitative estimate of drug-likeness (QED) is 0.494. The van der Waals surface area contributed by atoms with Crippen molar-refractivity contribution in [2.75, 3.05) is 6.54 Å². The van der Waals surface area contributed by atoms with Gasteiger partial charge in [-0.05, 0) is 35.6 Å². The fraction of sp³-hybridized carbons (Fsp3) is 0.192. The van der Waals surface area contributed by atoms with Gasteiger partial charge in [0.25, 0.3) is 0 Å². The zero-order chi connectivity index (χ0) is 19.7. The highest BCUT2D eigenvalue weighted by Crippen LogP contribution is 2.58. The van der Waals surface area contributed by atoms with Crippen molar-refractivity contribution in [2.24, 2.45) is 5.92 Å². The Balaban J connectivity index is 1.31. The number of aromatic nitrogens is 1. The number of carbonyl (C=O) groups is 1. The molecule has 0 spiro atoms. The number of hydrogen-bond acceptors (Lipinski definition) is 1. The minimum absolute atomic E-state index is 0.0183. The molecule has 144 valence electrons. The molecule has 2 N–H and O–H groups in total. The van der Waals surface area contributed by atoms with Crippen molar-refractivity contribution in [3.05, 3.63) is 108 Å². The van der Waals surface area contributed by atoms with Gasteiger partial charge in [0.1, 0.15) is 0 Å². The van der Waals surface area contributed by atoms with Gasteiger partial charge in [-0.15, -0.1) is 0 Å². The minimum Gasteiger partial charge on any atom is -0.361 e. The Bertz CT molecular complexity index is 1090. The third kappa shape index (κ3) is 3.13. The predicted molar refractivity (Wildman–Crippen MR) is 117 cm³/mol. The van der Waals surface area contributed by atoms with Crippen molar-refractivity contribution in [3.63, 3.8) is 0 Å². The van der Waals surface area contributed by atoms with Gasteiger partial charge in [0, 0.05) is 29.1 Å². The maximum atomic E-state index is 13.0. The van der Waals surface area contributed by atoms with E-state index in [4.69, 9.17) is 0 Å². The number of carbonyl (C=O) groups excluding carboxylic acids is 1. The Morgan fingerprint density at radius 3 is 2.21 bits per heavy atom. The molecule has 3 nitrogen and oxygen atoms in total. The molecule has 1 aromatic heterocycles. The lowest BCUT2D eigenvalue weighted by Crippen LogP contribution is -2.30. The fourth-order valence-corrected chi connectivity index (χ4v) is 4.64. The fourth-order valence-electron chi connectivity index (χ4n) is 4.64. The Morgan fingerprint density at radius 2 is 1.52 bits per heavy atom. The SMILES string of the molecule is O=C(NCCc1c[nH]c2ccccc12)C1CC1(c1ccccc1)c1ccccc1. The van der Waals surface area contributed by atoms with Crippen LogP contribution in [0.4, 0.5) is 0 Å². The van der Waals surface area contributed by atoms with Gasteiger partial charge < -0.3 is 10.3 Å². The first-order valence-corrected chi connectivity index (χ1v) is 10.2. The van der Waals surface area contributed by atoms with Crippen LogP contribution >= 0.6 is 0 Å². The van der Waals surface area contributed by atoms with E-state index in [0.29, 0.717) is 6.54 Å². The molecule has 1 fully saturated rings. The van der Waals surface area contributed by atoms with Crippen LogP contribution in [-0.2, 0) is 16.6 Å². The third-order valence-electron chi connectivity index (χ3n) is 6.22. The standard InChI is InChI=1S/C26H24N2O/c29-25(27-16-15-19-18-28-24-14-8-7-13-22(19)24)23-17-26(23,20-9-3-1-4-10-20)21-11-5-2-6-12-21/h1-14,18,23,28H,15-17H2,(H,27,29). The van der Waals surface area contributed by atoms with Crippen LogP contribution in [-0.4, -0.2) is 17.4 Å². The zero-order valence-electron chi connectivity index (χ0n) is 16.3. The molecule has 0 radical (unpaired) electrons. The number of H-pyrrole nitrogens is 1. The summed E-state index contributed by atoms with van der Waals surface area (Å²) in [5.41, 5.74) is 4.64. The average molecular weight is 380 g/mol. The summed E-state index contributed by atoms with van der Waals surface area (Å²) in [6, 6.07) is 29.2. The monoisotopic (exact) mass is 380 g/mol. The lowest BCUT2D eigenvalue weighted by Gasteiger charge is -2.19. The summed E-state index contributed by atoms with van der Waals surface area (Å²) >= 11 is 0. The summed E-state index contributed by atoms with van der Waals surface area (Å²) in [6.07, 6.45) is 3.73. The van der Waals surface area contributed by atoms with Crippen molar-refractivity contribution in [3.8, 4) is 0 Å². The molecule has 1 heterocycles. The molecule has 1 unspecified atom stereocenters. The van der Waals surface area contributed by atoms with Crippen LogP contribution in [0.2, 0.25) is 0 Å². The van der Waals surface area contributed by atoms with E-state index in [1.165, 1.54) is 22.1 Å². The third-order valence-corrected chi connectivity index (χ3v) is 6.22. The maximum Gasteiger partial charge on any atom is 0.224 e. The van der Waals surface area contributed by atoms with E-state index < -0.39 is 0 Å². The van der Waals surface area contributed by atoms with Crippen molar-refractivity contribution in [1.82, 2.24) is 10.3 Å². The largest absolute Gasteiger partial charge is 0.361 e. The highest BCUT2D eigenvalue weighted by molar-refractivity contribution is 5.86. The molecule has 3 aromatic carbocycles. The van der Waals surface area contributed by atoms with E-state index in [1.807, 2.05) is 24.4 Å². The lowest BCUT2D eigenvalue weighted by atomic mass is 9.85. The molecular formula is C26H24N2O. The average Bonchev–Trinajstić information content (AvgIpc) is 3.43. The number of rotatable bonds is 6. The molecule has 1 aliphatic carbocycles. The van der Waals surface area contributed by atoms with E-state index in [1.54, 1.807) is 0 Å². The summed E-state index contributed by atoms with van der Waals surface area (Å²) in [7, 11) is 0. The molecule has 0 bridgehead atoms. The first-order chi connectivity index (χ1) is 14.3. The van der Waals surface area contributed by atoms with E-state index in [0.717, 1.165) is 18.4 Å². The van der Waals surface area contributed by atoms with Crippen LogP contribution in [0.5, 0.6) is 0 Å². The summed E-state index contributed by atoms with van der Waals surface area (Å²) in [6.45, 7) is 0.650. The normalized spacial score (nSPS) is 17.2.